The van der Waals surface area contributed by atoms with Gasteiger partial charge in [0, 0.05) is 37.2 Å². The number of fused-ring (bicyclic) bond motifs is 1. The molecule has 1 unspecified atom stereocenters. The van der Waals surface area contributed by atoms with Crippen LogP contribution in [0.1, 0.15) is 54.5 Å². The highest BCUT2D eigenvalue weighted by atomic mass is 19.3. The predicted octanol–water partition coefficient (Wildman–Crippen LogP) is 5.04. The second kappa shape index (κ2) is 11.3. The largest absolute Gasteiger partial charge is 0.433 e. The zero-order chi connectivity index (χ0) is 27.4. The highest BCUT2D eigenvalue weighted by Gasteiger charge is 2.38. The normalized spacial score (nSPS) is 15.6. The minimum atomic E-state index is -3.05. The minimum absolute atomic E-state index is 0.103. The van der Waals surface area contributed by atoms with Gasteiger partial charge in [-0.2, -0.15) is 14.0 Å². The lowest BCUT2D eigenvalue weighted by molar-refractivity contribution is -0.0498. The number of likely N-dealkylation sites (tertiary alicyclic amines) is 1. The molecule has 0 saturated carbocycles. The van der Waals surface area contributed by atoms with E-state index in [1.54, 1.807) is 10.6 Å². The van der Waals surface area contributed by atoms with E-state index in [0.717, 1.165) is 25.2 Å². The third-order valence-corrected chi connectivity index (χ3v) is 6.79. The number of nitrogens with zero attached hydrogens (tertiary/aromatic N) is 5. The van der Waals surface area contributed by atoms with Crippen LogP contribution in [0.2, 0.25) is 0 Å². The van der Waals surface area contributed by atoms with Crippen molar-refractivity contribution in [1.29, 1.82) is 5.26 Å². The second-order valence-corrected chi connectivity index (χ2v) is 10.0. The Bertz CT molecular complexity index is 1420. The number of aldehydes is 1. The van der Waals surface area contributed by atoms with Crippen LogP contribution in [0.4, 0.5) is 8.78 Å². The van der Waals surface area contributed by atoms with Gasteiger partial charge in [-0.1, -0.05) is 24.8 Å². The number of nitriles is 1. The maximum Gasteiger partial charge on any atom is 0.387 e. The van der Waals surface area contributed by atoms with Crippen LogP contribution in [-0.2, 0) is 0 Å². The van der Waals surface area contributed by atoms with E-state index >= 15 is 0 Å². The Hall–Kier alpha value is -3.79. The van der Waals surface area contributed by atoms with Crippen LogP contribution in [-0.4, -0.2) is 66.0 Å². The van der Waals surface area contributed by atoms with Crippen molar-refractivity contribution in [2.45, 2.75) is 39.3 Å². The maximum atomic E-state index is 13.4. The van der Waals surface area contributed by atoms with E-state index in [2.05, 4.69) is 22.8 Å². The van der Waals surface area contributed by atoms with Crippen LogP contribution >= 0.6 is 0 Å². The minimum Gasteiger partial charge on any atom is -0.433 e. The SMILES string of the molecule is CCC(c1nc2ccc(C#CCCN3CC(C)(C#N)C3)cc2n1-c1c(C=O)cccc1OC(F)F)N(C)C. The highest BCUT2D eigenvalue weighted by molar-refractivity contribution is 5.87. The third-order valence-electron chi connectivity index (χ3n) is 6.79. The van der Waals surface area contributed by atoms with Gasteiger partial charge in [-0.05, 0) is 57.8 Å². The van der Waals surface area contributed by atoms with Gasteiger partial charge in [0.2, 0.25) is 0 Å². The molecular weight excluding hydrogens is 488 g/mol. The smallest absolute Gasteiger partial charge is 0.387 e. The van der Waals surface area contributed by atoms with E-state index in [1.807, 2.05) is 51.0 Å². The molecule has 0 amide bonds. The second-order valence-electron chi connectivity index (χ2n) is 10.0. The number of carbonyl (C=O) groups excluding carboxylic acids is 1. The molecule has 0 spiro atoms. The first-order valence-corrected chi connectivity index (χ1v) is 12.5. The van der Waals surface area contributed by atoms with Gasteiger partial charge < -0.3 is 4.74 Å². The Labute approximate surface area is 221 Å². The molecule has 198 valence electrons. The number of imidazole rings is 1. The molecule has 9 heteroatoms. The van der Waals surface area contributed by atoms with Crippen molar-refractivity contribution in [2.75, 3.05) is 33.7 Å². The van der Waals surface area contributed by atoms with Gasteiger partial charge in [0.1, 0.15) is 11.5 Å². The average Bonchev–Trinajstić information content (AvgIpc) is 3.22. The van der Waals surface area contributed by atoms with E-state index in [4.69, 9.17) is 9.72 Å². The van der Waals surface area contributed by atoms with Crippen LogP contribution in [0, 0.1) is 28.6 Å². The Morgan fingerprint density at radius 3 is 2.66 bits per heavy atom. The van der Waals surface area contributed by atoms with Gasteiger partial charge >= 0.3 is 6.61 Å². The molecule has 3 aromatic rings. The lowest BCUT2D eigenvalue weighted by Crippen LogP contribution is -2.53. The fraction of sp³-hybridized carbons (Fsp3) is 0.414. The first-order valence-electron chi connectivity index (χ1n) is 12.5. The number of alkyl halides is 2. The number of hydrogen-bond donors (Lipinski definition) is 0. The molecule has 1 aromatic heterocycles. The molecule has 2 heterocycles. The Morgan fingerprint density at radius 1 is 1.26 bits per heavy atom. The molecule has 0 aliphatic carbocycles. The summed E-state index contributed by atoms with van der Waals surface area (Å²) in [5.41, 5.74) is 2.23. The van der Waals surface area contributed by atoms with E-state index in [9.17, 15) is 18.8 Å². The first-order chi connectivity index (χ1) is 18.2. The summed E-state index contributed by atoms with van der Waals surface area (Å²) in [7, 11) is 3.85. The summed E-state index contributed by atoms with van der Waals surface area (Å²) in [5, 5.41) is 9.17. The van der Waals surface area contributed by atoms with Gasteiger partial charge in [0.15, 0.2) is 12.0 Å². The molecule has 0 N–H and O–H groups in total. The molecule has 1 fully saturated rings. The summed E-state index contributed by atoms with van der Waals surface area (Å²) in [6.45, 7) is 3.22. The highest BCUT2D eigenvalue weighted by Crippen LogP contribution is 2.36. The molecule has 4 rings (SSSR count). The predicted molar refractivity (Wildman–Crippen MR) is 141 cm³/mol. The summed E-state index contributed by atoms with van der Waals surface area (Å²) < 4.78 is 33.3. The van der Waals surface area contributed by atoms with Crippen molar-refractivity contribution >= 4 is 17.3 Å². The molecule has 1 atom stereocenters. The van der Waals surface area contributed by atoms with E-state index in [-0.39, 0.29) is 28.5 Å². The van der Waals surface area contributed by atoms with Crippen LogP contribution in [0.25, 0.3) is 16.7 Å². The molecule has 38 heavy (non-hydrogen) atoms. The van der Waals surface area contributed by atoms with Gasteiger partial charge in [-0.15, -0.1) is 0 Å². The molecule has 7 nitrogen and oxygen atoms in total. The molecule has 0 radical (unpaired) electrons. The molecule has 2 aromatic carbocycles. The topological polar surface area (TPSA) is 74.4 Å². The van der Waals surface area contributed by atoms with Crippen molar-refractivity contribution in [1.82, 2.24) is 19.4 Å². The van der Waals surface area contributed by atoms with E-state index in [1.165, 1.54) is 12.1 Å². The summed E-state index contributed by atoms with van der Waals surface area (Å²) in [6, 6.07) is 12.3. The molecule has 1 aliphatic rings. The monoisotopic (exact) mass is 519 g/mol. The number of benzene rings is 2. The molecule has 1 aliphatic heterocycles. The van der Waals surface area contributed by atoms with Crippen LogP contribution < -0.4 is 4.74 Å². The van der Waals surface area contributed by atoms with E-state index < -0.39 is 6.61 Å². The van der Waals surface area contributed by atoms with Crippen molar-refractivity contribution < 1.29 is 18.3 Å². The summed E-state index contributed by atoms with van der Waals surface area (Å²) in [6.07, 6.45) is 2.00. The third kappa shape index (κ3) is 5.55. The lowest BCUT2D eigenvalue weighted by atomic mass is 9.84. The first kappa shape index (κ1) is 27.3. The lowest BCUT2D eigenvalue weighted by Gasteiger charge is -2.43. The summed E-state index contributed by atoms with van der Waals surface area (Å²) in [5.74, 6) is 6.90. The average molecular weight is 520 g/mol. The summed E-state index contributed by atoms with van der Waals surface area (Å²) in [4.78, 5) is 21.1. The number of ether oxygens (including phenoxy) is 1. The zero-order valence-electron chi connectivity index (χ0n) is 22.0. The molecular formula is C29H31F2N5O2. The van der Waals surface area contributed by atoms with Gasteiger partial charge in [-0.3, -0.25) is 19.2 Å². The number of carbonyl (C=O) groups is 1. The Kier molecular flexibility index (Phi) is 8.11. The van der Waals surface area contributed by atoms with Gasteiger partial charge in [0.05, 0.1) is 28.6 Å². The van der Waals surface area contributed by atoms with Gasteiger partial charge in [-0.25, -0.2) is 4.98 Å². The maximum absolute atomic E-state index is 13.4. The number of hydrogen-bond acceptors (Lipinski definition) is 6. The fourth-order valence-corrected chi connectivity index (χ4v) is 5.02. The quantitative estimate of drug-likeness (QED) is 0.291. The zero-order valence-corrected chi connectivity index (χ0v) is 22.0. The standard InChI is InChI=1S/C29H31F2N5O2/c1-5-23(34(3)4)27-33-22-13-12-20(9-6-7-14-35-18-29(2,17-32)19-35)15-24(22)36(27)26-21(16-37)10-8-11-25(26)38-28(30)31/h8,10-13,15-16,23,28H,5,7,14,18-19H2,1-4H3. The van der Waals surface area contributed by atoms with Crippen molar-refractivity contribution in [3.05, 3.63) is 53.3 Å². The van der Waals surface area contributed by atoms with Crippen molar-refractivity contribution in [3.63, 3.8) is 0 Å². The Balaban J connectivity index is 1.77. The number of aromatic nitrogens is 2. The number of rotatable bonds is 9. The van der Waals surface area contributed by atoms with Crippen LogP contribution in [0.3, 0.4) is 0 Å². The fourth-order valence-electron chi connectivity index (χ4n) is 5.02. The van der Waals surface area contributed by atoms with Crippen LogP contribution in [0.15, 0.2) is 36.4 Å². The van der Waals surface area contributed by atoms with Crippen molar-refractivity contribution in [2.24, 2.45) is 5.41 Å². The molecule has 1 saturated heterocycles. The molecule has 0 bridgehead atoms. The van der Waals surface area contributed by atoms with E-state index in [0.29, 0.717) is 36.0 Å². The number of para-hydroxylation sites is 1. The van der Waals surface area contributed by atoms with Gasteiger partial charge in [0.25, 0.3) is 0 Å². The summed E-state index contributed by atoms with van der Waals surface area (Å²) >= 11 is 0. The van der Waals surface area contributed by atoms with Crippen molar-refractivity contribution in [3.8, 4) is 29.3 Å². The van der Waals surface area contributed by atoms with Crippen LogP contribution in [0.5, 0.6) is 5.75 Å². The number of halogens is 2. The Morgan fingerprint density at radius 2 is 2.03 bits per heavy atom.